The second-order valence-corrected chi connectivity index (χ2v) is 8.76. The minimum absolute atomic E-state index is 0.181. The molecule has 5 heteroatoms. The molecule has 31 heavy (non-hydrogen) atoms. The molecule has 2 aromatic rings. The topological polar surface area (TPSA) is 9.23 Å². The van der Waals surface area contributed by atoms with Crippen LogP contribution in [0.2, 0.25) is 0 Å². The van der Waals surface area contributed by atoms with Crippen LogP contribution in [0.15, 0.2) is 42.5 Å². The zero-order valence-corrected chi connectivity index (χ0v) is 18.2. The summed E-state index contributed by atoms with van der Waals surface area (Å²) < 4.78 is 55.3. The fourth-order valence-electron chi connectivity index (χ4n) is 4.62. The number of hydrogen-bond acceptors (Lipinski definition) is 1. The smallest absolute Gasteiger partial charge is 0.406 e. The van der Waals surface area contributed by atoms with Crippen molar-refractivity contribution in [2.45, 2.75) is 83.4 Å². The summed E-state index contributed by atoms with van der Waals surface area (Å²) in [5.74, 6) is 0.860. The third-order valence-corrected chi connectivity index (χ3v) is 6.45. The molecule has 2 aromatic carbocycles. The predicted octanol–water partition coefficient (Wildman–Crippen LogP) is 8.36. The third-order valence-electron chi connectivity index (χ3n) is 6.45. The second kappa shape index (κ2) is 11.0. The summed E-state index contributed by atoms with van der Waals surface area (Å²) in [6, 6.07) is 11.4. The molecule has 170 valence electrons. The van der Waals surface area contributed by atoms with E-state index in [9.17, 15) is 17.6 Å². The number of rotatable bonds is 9. The van der Waals surface area contributed by atoms with Gasteiger partial charge in [-0.1, -0.05) is 56.9 Å². The van der Waals surface area contributed by atoms with Crippen LogP contribution in [0.3, 0.4) is 0 Å². The van der Waals surface area contributed by atoms with Gasteiger partial charge in [0.2, 0.25) is 0 Å². The van der Waals surface area contributed by atoms with Crippen LogP contribution >= 0.6 is 0 Å². The molecule has 0 spiro atoms. The van der Waals surface area contributed by atoms with Gasteiger partial charge in [-0.3, -0.25) is 0 Å². The Morgan fingerprint density at radius 3 is 2.23 bits per heavy atom. The lowest BCUT2D eigenvalue weighted by Gasteiger charge is -2.29. The summed E-state index contributed by atoms with van der Waals surface area (Å²) in [6.07, 6.45) is 6.38. The molecular weight excluding hydrogens is 404 g/mol. The molecule has 1 saturated carbocycles. The maximum atomic E-state index is 14.7. The van der Waals surface area contributed by atoms with Crippen LogP contribution in [-0.4, -0.2) is 6.36 Å². The van der Waals surface area contributed by atoms with Crippen molar-refractivity contribution in [3.8, 4) is 5.75 Å². The lowest BCUT2D eigenvalue weighted by atomic mass is 9.77. The molecule has 0 unspecified atom stereocenters. The Kier molecular flexibility index (Phi) is 8.39. The maximum absolute atomic E-state index is 14.7. The summed E-state index contributed by atoms with van der Waals surface area (Å²) in [4.78, 5) is 0. The molecule has 0 aliphatic heterocycles. The maximum Gasteiger partial charge on any atom is 0.573 e. The molecule has 0 atom stereocenters. The van der Waals surface area contributed by atoms with Gasteiger partial charge in [-0.05, 0) is 85.3 Å². The molecule has 0 amide bonds. The van der Waals surface area contributed by atoms with Crippen LogP contribution in [0.5, 0.6) is 5.75 Å². The average Bonchev–Trinajstić information content (AvgIpc) is 2.73. The van der Waals surface area contributed by atoms with Gasteiger partial charge in [0.25, 0.3) is 0 Å². The van der Waals surface area contributed by atoms with E-state index in [2.05, 4.69) is 17.7 Å². The lowest BCUT2D eigenvalue weighted by molar-refractivity contribution is -0.274. The number of ether oxygens (including phenoxy) is 1. The van der Waals surface area contributed by atoms with Gasteiger partial charge in [-0.15, -0.1) is 13.2 Å². The highest BCUT2D eigenvalue weighted by atomic mass is 19.4. The first kappa shape index (κ1) is 23.6. The zero-order valence-electron chi connectivity index (χ0n) is 18.2. The molecule has 0 bridgehead atoms. The Balaban J connectivity index is 1.50. The molecule has 1 nitrogen and oxygen atoms in total. The molecule has 1 aliphatic carbocycles. The molecule has 0 saturated heterocycles. The monoisotopic (exact) mass is 436 g/mol. The van der Waals surface area contributed by atoms with Crippen molar-refractivity contribution in [3.05, 3.63) is 65.0 Å². The molecular formula is C26H32F4O. The standard InChI is InChI=1S/C26H32F4O/c1-2-3-4-5-19-6-11-21(12-7-19)23-15-14-22(25(27)18-23)13-8-20-9-16-24(17-10-20)31-26(28,29)30/h9-10,14-19,21H,2-8,11-13H2,1H3. The highest BCUT2D eigenvalue weighted by Gasteiger charge is 2.31. The molecule has 0 aromatic heterocycles. The second-order valence-electron chi connectivity index (χ2n) is 8.76. The summed E-state index contributed by atoms with van der Waals surface area (Å²) >= 11 is 0. The first-order valence-electron chi connectivity index (χ1n) is 11.5. The van der Waals surface area contributed by atoms with Crippen LogP contribution in [-0.2, 0) is 12.8 Å². The van der Waals surface area contributed by atoms with E-state index in [0.717, 1.165) is 29.9 Å². The van der Waals surface area contributed by atoms with Gasteiger partial charge in [0, 0.05) is 0 Å². The molecule has 1 fully saturated rings. The van der Waals surface area contributed by atoms with E-state index in [0.29, 0.717) is 24.3 Å². The van der Waals surface area contributed by atoms with Crippen LogP contribution in [0.25, 0.3) is 0 Å². The van der Waals surface area contributed by atoms with Crippen molar-refractivity contribution in [2.24, 2.45) is 5.92 Å². The van der Waals surface area contributed by atoms with Gasteiger partial charge in [0.05, 0.1) is 0 Å². The van der Waals surface area contributed by atoms with E-state index >= 15 is 0 Å². The first-order valence-corrected chi connectivity index (χ1v) is 11.5. The van der Waals surface area contributed by atoms with Gasteiger partial charge >= 0.3 is 6.36 Å². The number of aryl methyl sites for hydroxylation is 2. The largest absolute Gasteiger partial charge is 0.573 e. The van der Waals surface area contributed by atoms with E-state index in [-0.39, 0.29) is 11.6 Å². The number of hydrogen-bond donors (Lipinski definition) is 0. The normalized spacial score (nSPS) is 19.4. The van der Waals surface area contributed by atoms with E-state index in [1.54, 1.807) is 18.2 Å². The van der Waals surface area contributed by atoms with E-state index in [4.69, 9.17) is 0 Å². The number of halogens is 4. The van der Waals surface area contributed by atoms with Gasteiger partial charge in [0.1, 0.15) is 11.6 Å². The Morgan fingerprint density at radius 2 is 1.61 bits per heavy atom. The lowest BCUT2D eigenvalue weighted by Crippen LogP contribution is -2.17. The molecule has 0 N–H and O–H groups in total. The molecule has 0 heterocycles. The van der Waals surface area contributed by atoms with Crippen LogP contribution in [0.1, 0.15) is 80.9 Å². The summed E-state index contributed by atoms with van der Waals surface area (Å²) in [5, 5.41) is 0. The van der Waals surface area contributed by atoms with E-state index < -0.39 is 6.36 Å². The van der Waals surface area contributed by atoms with Gasteiger partial charge < -0.3 is 4.74 Å². The number of benzene rings is 2. The van der Waals surface area contributed by atoms with Crippen molar-refractivity contribution in [1.82, 2.24) is 0 Å². The average molecular weight is 437 g/mol. The van der Waals surface area contributed by atoms with Crippen molar-refractivity contribution in [1.29, 1.82) is 0 Å². The Bertz CT molecular complexity index is 805. The van der Waals surface area contributed by atoms with Crippen LogP contribution in [0, 0.1) is 11.7 Å². The van der Waals surface area contributed by atoms with Crippen molar-refractivity contribution in [2.75, 3.05) is 0 Å². The number of alkyl halides is 3. The quantitative estimate of drug-likeness (QED) is 0.283. The van der Waals surface area contributed by atoms with Crippen molar-refractivity contribution >= 4 is 0 Å². The summed E-state index contributed by atoms with van der Waals surface area (Å²) in [7, 11) is 0. The predicted molar refractivity (Wildman–Crippen MR) is 116 cm³/mol. The molecule has 1 aliphatic rings. The summed E-state index contributed by atoms with van der Waals surface area (Å²) in [5.41, 5.74) is 2.59. The van der Waals surface area contributed by atoms with Crippen LogP contribution in [0.4, 0.5) is 17.6 Å². The fraction of sp³-hybridized carbons (Fsp3) is 0.538. The Morgan fingerprint density at radius 1 is 0.903 bits per heavy atom. The van der Waals surface area contributed by atoms with Crippen LogP contribution < -0.4 is 4.74 Å². The van der Waals surface area contributed by atoms with Gasteiger partial charge in [-0.25, -0.2) is 4.39 Å². The fourth-order valence-corrected chi connectivity index (χ4v) is 4.62. The molecule has 0 radical (unpaired) electrons. The highest BCUT2D eigenvalue weighted by molar-refractivity contribution is 5.30. The zero-order chi connectivity index (χ0) is 22.3. The van der Waals surface area contributed by atoms with Gasteiger partial charge in [0.15, 0.2) is 0 Å². The minimum atomic E-state index is -4.69. The van der Waals surface area contributed by atoms with Crippen molar-refractivity contribution < 1.29 is 22.3 Å². The van der Waals surface area contributed by atoms with Gasteiger partial charge in [-0.2, -0.15) is 0 Å². The minimum Gasteiger partial charge on any atom is -0.406 e. The highest BCUT2D eigenvalue weighted by Crippen LogP contribution is 2.38. The third kappa shape index (κ3) is 7.55. The van der Waals surface area contributed by atoms with Crippen molar-refractivity contribution in [3.63, 3.8) is 0 Å². The Labute approximate surface area is 182 Å². The Hall–Kier alpha value is -2.04. The van der Waals surface area contributed by atoms with E-state index in [1.807, 2.05) is 6.07 Å². The number of unbranched alkanes of at least 4 members (excludes halogenated alkanes) is 2. The SMILES string of the molecule is CCCCCC1CCC(c2ccc(CCc3ccc(OC(F)(F)F)cc3)c(F)c2)CC1. The first-order chi connectivity index (χ1) is 14.8. The summed E-state index contributed by atoms with van der Waals surface area (Å²) in [6.45, 7) is 2.23. The molecule has 3 rings (SSSR count). The van der Waals surface area contributed by atoms with E-state index in [1.165, 1.54) is 50.7 Å².